The maximum Gasteiger partial charge on any atom is 0.195 e. The fourth-order valence-electron chi connectivity index (χ4n) is 2.01. The molecule has 17 heavy (non-hydrogen) atoms. The number of nitrogens with zero attached hydrogens (tertiary/aromatic N) is 3. The van der Waals surface area contributed by atoms with E-state index < -0.39 is 0 Å². The molecule has 0 fully saturated rings. The van der Waals surface area contributed by atoms with Crippen LogP contribution in [0.1, 0.15) is 26.5 Å². The van der Waals surface area contributed by atoms with Crippen LogP contribution in [0.4, 0.5) is 5.82 Å². The van der Waals surface area contributed by atoms with Crippen LogP contribution in [0, 0.1) is 0 Å². The molecule has 0 aliphatic rings. The summed E-state index contributed by atoms with van der Waals surface area (Å²) in [5.41, 5.74) is 1.27. The van der Waals surface area contributed by atoms with Crippen molar-refractivity contribution < 1.29 is 0 Å². The third-order valence-corrected chi connectivity index (χ3v) is 3.70. The molecule has 0 aliphatic heterocycles. The van der Waals surface area contributed by atoms with Gasteiger partial charge in [0.1, 0.15) is 0 Å². The third-order valence-electron chi connectivity index (χ3n) is 2.95. The molecule has 0 aromatic carbocycles. The van der Waals surface area contributed by atoms with E-state index in [-0.39, 0.29) is 0 Å². The zero-order valence-corrected chi connectivity index (χ0v) is 11.5. The lowest BCUT2D eigenvalue weighted by molar-refractivity contribution is 0.700. The molecule has 0 radical (unpaired) electrons. The molecule has 4 nitrogen and oxygen atoms in total. The molecule has 1 N–H and O–H groups in total. The van der Waals surface area contributed by atoms with Crippen molar-refractivity contribution in [2.75, 3.05) is 24.5 Å². The van der Waals surface area contributed by atoms with E-state index in [1.807, 2.05) is 0 Å². The van der Waals surface area contributed by atoms with E-state index in [1.54, 1.807) is 11.3 Å². The van der Waals surface area contributed by atoms with Crippen LogP contribution >= 0.6 is 11.3 Å². The van der Waals surface area contributed by atoms with Crippen LogP contribution in [-0.4, -0.2) is 29.0 Å². The van der Waals surface area contributed by atoms with Gasteiger partial charge in [-0.05, 0) is 20.4 Å². The summed E-state index contributed by atoms with van der Waals surface area (Å²) in [6.45, 7) is 10.3. The van der Waals surface area contributed by atoms with E-state index in [0.29, 0.717) is 0 Å². The topological polar surface area (TPSA) is 32.6 Å². The van der Waals surface area contributed by atoms with Crippen LogP contribution in [-0.2, 0) is 6.54 Å². The lowest BCUT2D eigenvalue weighted by Gasteiger charge is -2.19. The van der Waals surface area contributed by atoms with Gasteiger partial charge in [0.25, 0.3) is 0 Å². The summed E-state index contributed by atoms with van der Waals surface area (Å²) < 4.78 is 2.20. The Morgan fingerprint density at radius 3 is 2.76 bits per heavy atom. The summed E-state index contributed by atoms with van der Waals surface area (Å²) in [6.07, 6.45) is 2.10. The van der Waals surface area contributed by atoms with Gasteiger partial charge in [-0.1, -0.05) is 6.92 Å². The molecule has 2 aromatic heterocycles. The van der Waals surface area contributed by atoms with Crippen molar-refractivity contribution in [2.45, 2.75) is 27.3 Å². The van der Waals surface area contributed by atoms with Gasteiger partial charge in [-0.25, -0.2) is 4.98 Å². The normalized spacial score (nSPS) is 11.2. The highest BCUT2D eigenvalue weighted by Crippen LogP contribution is 2.24. The molecule has 2 heterocycles. The molecular weight excluding hydrogens is 232 g/mol. The van der Waals surface area contributed by atoms with E-state index in [1.165, 1.54) is 5.69 Å². The van der Waals surface area contributed by atoms with Gasteiger partial charge in [0, 0.05) is 31.2 Å². The van der Waals surface area contributed by atoms with Gasteiger partial charge in [0.15, 0.2) is 10.8 Å². The van der Waals surface area contributed by atoms with Crippen molar-refractivity contribution in [2.24, 2.45) is 0 Å². The summed E-state index contributed by atoms with van der Waals surface area (Å²) in [6, 6.07) is 0. The minimum atomic E-state index is 0.875. The van der Waals surface area contributed by atoms with E-state index >= 15 is 0 Å². The number of fused-ring (bicyclic) bond motifs is 1. The average Bonchev–Trinajstić information content (AvgIpc) is 2.90. The maximum absolute atomic E-state index is 4.73. The largest absolute Gasteiger partial charge is 0.356 e. The second-order valence-corrected chi connectivity index (χ2v) is 4.76. The number of imidazole rings is 1. The first kappa shape index (κ1) is 12.4. The van der Waals surface area contributed by atoms with E-state index in [2.05, 4.69) is 47.0 Å². The Morgan fingerprint density at radius 2 is 2.12 bits per heavy atom. The minimum absolute atomic E-state index is 0.875. The molecule has 2 rings (SSSR count). The molecule has 0 unspecified atom stereocenters. The lowest BCUT2D eigenvalue weighted by Crippen LogP contribution is -2.25. The molecular formula is C12H20N4S. The summed E-state index contributed by atoms with van der Waals surface area (Å²) in [4.78, 5) is 8.13. The Kier molecular flexibility index (Phi) is 4.02. The zero-order chi connectivity index (χ0) is 12.3. The SMILES string of the molecule is CCNCc1c(N(CC)CC)nc2sccn12. The molecule has 0 amide bonds. The first-order valence-electron chi connectivity index (χ1n) is 6.21. The highest BCUT2D eigenvalue weighted by atomic mass is 32.1. The Morgan fingerprint density at radius 1 is 1.35 bits per heavy atom. The number of thiazole rings is 1. The van der Waals surface area contributed by atoms with Crippen molar-refractivity contribution in [1.82, 2.24) is 14.7 Å². The summed E-state index contributed by atoms with van der Waals surface area (Å²) in [5, 5.41) is 5.48. The number of anilines is 1. The predicted octanol–water partition coefficient (Wildman–Crippen LogP) is 2.35. The summed E-state index contributed by atoms with van der Waals surface area (Å²) >= 11 is 1.69. The number of hydrogen-bond donors (Lipinski definition) is 1. The number of nitrogens with one attached hydrogen (secondary N) is 1. The molecule has 94 valence electrons. The van der Waals surface area contributed by atoms with Gasteiger partial charge in [0.2, 0.25) is 0 Å². The number of hydrogen-bond acceptors (Lipinski definition) is 4. The van der Waals surface area contributed by atoms with Crippen LogP contribution in [0.2, 0.25) is 0 Å². The van der Waals surface area contributed by atoms with Gasteiger partial charge in [-0.2, -0.15) is 0 Å². The maximum atomic E-state index is 4.73. The first-order valence-corrected chi connectivity index (χ1v) is 7.09. The second-order valence-electron chi connectivity index (χ2n) is 3.89. The molecule has 0 saturated carbocycles. The summed E-state index contributed by atoms with van der Waals surface area (Å²) in [7, 11) is 0. The van der Waals surface area contributed by atoms with Crippen molar-refractivity contribution in [1.29, 1.82) is 0 Å². The van der Waals surface area contributed by atoms with Gasteiger partial charge in [-0.15, -0.1) is 11.3 Å². The molecule has 0 spiro atoms. The van der Waals surface area contributed by atoms with Crippen LogP contribution in [0.15, 0.2) is 11.6 Å². The highest BCUT2D eigenvalue weighted by Gasteiger charge is 2.16. The van der Waals surface area contributed by atoms with Crippen molar-refractivity contribution >= 4 is 22.1 Å². The van der Waals surface area contributed by atoms with Gasteiger partial charge in [-0.3, -0.25) is 4.40 Å². The fourth-order valence-corrected chi connectivity index (χ4v) is 2.73. The van der Waals surface area contributed by atoms with E-state index in [9.17, 15) is 0 Å². The molecule has 0 atom stereocenters. The monoisotopic (exact) mass is 252 g/mol. The smallest absolute Gasteiger partial charge is 0.195 e. The molecule has 2 aromatic rings. The van der Waals surface area contributed by atoms with E-state index in [4.69, 9.17) is 4.98 Å². The van der Waals surface area contributed by atoms with E-state index in [0.717, 1.165) is 37.0 Å². The predicted molar refractivity (Wildman–Crippen MR) is 74.0 cm³/mol. The minimum Gasteiger partial charge on any atom is -0.356 e. The van der Waals surface area contributed by atoms with Gasteiger partial charge >= 0.3 is 0 Å². The third kappa shape index (κ3) is 2.30. The summed E-state index contributed by atoms with van der Waals surface area (Å²) in [5.74, 6) is 1.13. The van der Waals surface area contributed by atoms with Gasteiger partial charge < -0.3 is 10.2 Å². The second kappa shape index (κ2) is 5.51. The van der Waals surface area contributed by atoms with Gasteiger partial charge in [0.05, 0.1) is 5.69 Å². The van der Waals surface area contributed by atoms with Crippen molar-refractivity contribution in [3.63, 3.8) is 0 Å². The highest BCUT2D eigenvalue weighted by molar-refractivity contribution is 7.15. The first-order chi connectivity index (χ1) is 8.31. The Balaban J connectivity index is 2.41. The Bertz CT molecular complexity index is 470. The fraction of sp³-hybridized carbons (Fsp3) is 0.583. The molecule has 0 bridgehead atoms. The number of aromatic nitrogens is 2. The Labute approximate surface area is 106 Å². The quantitative estimate of drug-likeness (QED) is 0.856. The molecule has 0 saturated heterocycles. The number of rotatable bonds is 6. The molecule has 5 heteroatoms. The lowest BCUT2D eigenvalue weighted by atomic mass is 10.3. The Hall–Kier alpha value is -1.07. The molecule has 0 aliphatic carbocycles. The van der Waals surface area contributed by atoms with Crippen molar-refractivity contribution in [3.05, 3.63) is 17.3 Å². The van der Waals surface area contributed by atoms with Crippen LogP contribution in [0.3, 0.4) is 0 Å². The van der Waals surface area contributed by atoms with Crippen LogP contribution in [0.25, 0.3) is 4.96 Å². The van der Waals surface area contributed by atoms with Crippen molar-refractivity contribution in [3.8, 4) is 0 Å². The standard InChI is InChI=1S/C12H20N4S/c1-4-13-9-10-11(15(5-2)6-3)14-12-16(10)7-8-17-12/h7-8,13H,4-6,9H2,1-3H3. The van der Waals surface area contributed by atoms with Crippen LogP contribution < -0.4 is 10.2 Å². The average molecular weight is 252 g/mol. The van der Waals surface area contributed by atoms with Crippen LogP contribution in [0.5, 0.6) is 0 Å². The zero-order valence-electron chi connectivity index (χ0n) is 10.7.